The zero-order valence-electron chi connectivity index (χ0n) is 14.2. The Labute approximate surface area is 152 Å². The second-order valence-corrected chi connectivity index (χ2v) is 6.08. The van der Waals surface area contributed by atoms with E-state index in [0.29, 0.717) is 33.8 Å². The van der Waals surface area contributed by atoms with Crippen molar-refractivity contribution in [2.75, 3.05) is 21.3 Å². The summed E-state index contributed by atoms with van der Waals surface area (Å²) in [5, 5.41) is 4.55. The van der Waals surface area contributed by atoms with Crippen molar-refractivity contribution in [1.82, 2.24) is 5.32 Å². The number of ether oxygens (including phenoxy) is 3. The Balaban J connectivity index is 2.17. The lowest BCUT2D eigenvalue weighted by atomic mass is 10.1. The average molecular weight is 370 g/mol. The van der Waals surface area contributed by atoms with Gasteiger partial charge in [0.1, 0.15) is 0 Å². The molecule has 6 heteroatoms. The lowest BCUT2D eigenvalue weighted by molar-refractivity contribution is 0.321. The second-order valence-electron chi connectivity index (χ2n) is 5.27. The van der Waals surface area contributed by atoms with Gasteiger partial charge in [0, 0.05) is 18.2 Å². The summed E-state index contributed by atoms with van der Waals surface area (Å²) < 4.78 is 16.2. The highest BCUT2D eigenvalue weighted by molar-refractivity contribution is 6.42. The van der Waals surface area contributed by atoms with E-state index in [-0.39, 0.29) is 6.04 Å². The monoisotopic (exact) mass is 369 g/mol. The van der Waals surface area contributed by atoms with E-state index in [4.69, 9.17) is 37.4 Å². The highest BCUT2D eigenvalue weighted by atomic mass is 35.5. The molecule has 2 rings (SSSR count). The van der Waals surface area contributed by atoms with E-state index in [2.05, 4.69) is 12.2 Å². The maximum atomic E-state index is 6.09. The third kappa shape index (κ3) is 4.07. The van der Waals surface area contributed by atoms with Gasteiger partial charge in [0.2, 0.25) is 5.75 Å². The molecule has 24 heavy (non-hydrogen) atoms. The summed E-state index contributed by atoms with van der Waals surface area (Å²) in [5.74, 6) is 1.88. The van der Waals surface area contributed by atoms with Gasteiger partial charge in [-0.3, -0.25) is 0 Å². The Morgan fingerprint density at radius 1 is 0.917 bits per heavy atom. The quantitative estimate of drug-likeness (QED) is 0.755. The van der Waals surface area contributed by atoms with Crippen LogP contribution in [0, 0.1) is 0 Å². The van der Waals surface area contributed by atoms with Crippen molar-refractivity contribution >= 4 is 23.2 Å². The lowest BCUT2D eigenvalue weighted by Crippen LogP contribution is -2.18. The molecule has 0 aromatic heterocycles. The molecule has 0 aliphatic heterocycles. The molecule has 2 aromatic rings. The fourth-order valence-corrected chi connectivity index (χ4v) is 2.77. The van der Waals surface area contributed by atoms with Crippen molar-refractivity contribution in [3.8, 4) is 17.2 Å². The molecular formula is C18H21Cl2NO3. The molecular weight excluding hydrogens is 349 g/mol. The summed E-state index contributed by atoms with van der Waals surface area (Å²) in [7, 11) is 4.81. The van der Waals surface area contributed by atoms with Crippen molar-refractivity contribution in [1.29, 1.82) is 0 Å². The van der Waals surface area contributed by atoms with Crippen LogP contribution in [0.5, 0.6) is 17.2 Å². The molecule has 0 unspecified atom stereocenters. The summed E-state index contributed by atoms with van der Waals surface area (Å²) in [6, 6.07) is 9.54. The first-order valence-electron chi connectivity index (χ1n) is 7.48. The van der Waals surface area contributed by atoms with Gasteiger partial charge in [0.15, 0.2) is 11.5 Å². The second kappa shape index (κ2) is 8.47. The summed E-state index contributed by atoms with van der Waals surface area (Å²) >= 11 is 12.1. The van der Waals surface area contributed by atoms with Gasteiger partial charge in [-0.05, 0) is 30.7 Å². The Kier molecular flexibility index (Phi) is 6.60. The largest absolute Gasteiger partial charge is 0.493 e. The van der Waals surface area contributed by atoms with Crippen LogP contribution in [0.3, 0.4) is 0 Å². The molecule has 0 bridgehead atoms. The van der Waals surface area contributed by atoms with Crippen LogP contribution in [0.1, 0.15) is 24.1 Å². The van der Waals surface area contributed by atoms with E-state index < -0.39 is 0 Å². The van der Waals surface area contributed by atoms with Crippen LogP contribution in [-0.4, -0.2) is 21.3 Å². The minimum absolute atomic E-state index is 0.0950. The molecule has 4 nitrogen and oxygen atoms in total. The summed E-state index contributed by atoms with van der Waals surface area (Å²) in [6.07, 6.45) is 0. The minimum Gasteiger partial charge on any atom is -0.493 e. The van der Waals surface area contributed by atoms with Gasteiger partial charge in [-0.1, -0.05) is 35.3 Å². The molecule has 0 amide bonds. The molecule has 0 heterocycles. The van der Waals surface area contributed by atoms with Crippen molar-refractivity contribution in [3.63, 3.8) is 0 Å². The Hall–Kier alpha value is -1.62. The van der Waals surface area contributed by atoms with Gasteiger partial charge in [-0.25, -0.2) is 0 Å². The Bertz CT molecular complexity index is 707. The van der Waals surface area contributed by atoms with Crippen LogP contribution in [-0.2, 0) is 6.54 Å². The molecule has 2 aromatic carbocycles. The van der Waals surface area contributed by atoms with Gasteiger partial charge in [-0.15, -0.1) is 0 Å². The Morgan fingerprint density at radius 2 is 1.62 bits per heavy atom. The lowest BCUT2D eigenvalue weighted by Gasteiger charge is -2.19. The SMILES string of the molecule is COc1ccc(CN[C@H](C)c2ccc(Cl)c(Cl)c2)c(OC)c1OC. The van der Waals surface area contributed by atoms with Gasteiger partial charge in [0.05, 0.1) is 31.4 Å². The van der Waals surface area contributed by atoms with Crippen LogP contribution in [0.2, 0.25) is 10.0 Å². The van der Waals surface area contributed by atoms with Crippen LogP contribution >= 0.6 is 23.2 Å². The van der Waals surface area contributed by atoms with Gasteiger partial charge in [-0.2, -0.15) is 0 Å². The fraction of sp³-hybridized carbons (Fsp3) is 0.333. The number of hydrogen-bond donors (Lipinski definition) is 1. The van der Waals surface area contributed by atoms with Gasteiger partial charge < -0.3 is 19.5 Å². The van der Waals surface area contributed by atoms with Crippen molar-refractivity contribution in [2.45, 2.75) is 19.5 Å². The highest BCUT2D eigenvalue weighted by Crippen LogP contribution is 2.39. The van der Waals surface area contributed by atoms with E-state index in [0.717, 1.165) is 11.1 Å². The van der Waals surface area contributed by atoms with Gasteiger partial charge in [0.25, 0.3) is 0 Å². The first-order valence-corrected chi connectivity index (χ1v) is 8.23. The molecule has 1 N–H and O–H groups in total. The average Bonchev–Trinajstić information content (AvgIpc) is 2.60. The zero-order chi connectivity index (χ0) is 17.7. The molecule has 0 fully saturated rings. The fourth-order valence-electron chi connectivity index (χ4n) is 2.47. The first-order chi connectivity index (χ1) is 11.5. The van der Waals surface area contributed by atoms with Crippen LogP contribution in [0.25, 0.3) is 0 Å². The highest BCUT2D eigenvalue weighted by Gasteiger charge is 2.16. The maximum absolute atomic E-state index is 6.09. The summed E-state index contributed by atoms with van der Waals surface area (Å²) in [4.78, 5) is 0. The summed E-state index contributed by atoms with van der Waals surface area (Å²) in [6.45, 7) is 2.66. The van der Waals surface area contributed by atoms with Crippen molar-refractivity contribution < 1.29 is 14.2 Å². The third-order valence-corrected chi connectivity index (χ3v) is 4.57. The maximum Gasteiger partial charge on any atom is 0.203 e. The molecule has 130 valence electrons. The van der Waals surface area contributed by atoms with E-state index in [9.17, 15) is 0 Å². The topological polar surface area (TPSA) is 39.7 Å². The van der Waals surface area contributed by atoms with E-state index in [1.54, 1.807) is 27.4 Å². The van der Waals surface area contributed by atoms with E-state index in [1.807, 2.05) is 24.3 Å². The molecule has 0 radical (unpaired) electrons. The number of halogens is 2. The smallest absolute Gasteiger partial charge is 0.203 e. The molecule has 1 atom stereocenters. The number of methoxy groups -OCH3 is 3. The first kappa shape index (κ1) is 18.7. The molecule has 0 aliphatic rings. The standard InChI is InChI=1S/C18H21Cl2NO3/c1-11(12-5-7-14(19)15(20)9-12)21-10-13-6-8-16(22-2)18(24-4)17(13)23-3/h5-9,11,21H,10H2,1-4H3/t11-/m1/s1. The number of benzene rings is 2. The number of rotatable bonds is 7. The van der Waals surface area contributed by atoms with Crippen molar-refractivity contribution in [3.05, 3.63) is 51.5 Å². The Morgan fingerprint density at radius 3 is 2.21 bits per heavy atom. The van der Waals surface area contributed by atoms with Crippen LogP contribution in [0.15, 0.2) is 30.3 Å². The van der Waals surface area contributed by atoms with Gasteiger partial charge >= 0.3 is 0 Å². The van der Waals surface area contributed by atoms with Crippen LogP contribution < -0.4 is 19.5 Å². The zero-order valence-corrected chi connectivity index (χ0v) is 15.7. The summed E-state index contributed by atoms with van der Waals surface area (Å²) in [5.41, 5.74) is 2.03. The number of hydrogen-bond acceptors (Lipinski definition) is 4. The normalized spacial score (nSPS) is 11.9. The molecule has 0 aliphatic carbocycles. The third-order valence-electron chi connectivity index (χ3n) is 3.83. The van der Waals surface area contributed by atoms with Crippen molar-refractivity contribution in [2.24, 2.45) is 0 Å². The predicted molar refractivity (Wildman–Crippen MR) is 97.8 cm³/mol. The molecule has 0 spiro atoms. The van der Waals surface area contributed by atoms with E-state index in [1.165, 1.54) is 0 Å². The molecule has 0 saturated carbocycles. The molecule has 0 saturated heterocycles. The predicted octanol–water partition coefficient (Wildman–Crippen LogP) is 4.87. The van der Waals surface area contributed by atoms with Crippen LogP contribution in [0.4, 0.5) is 0 Å². The number of nitrogens with one attached hydrogen (secondary N) is 1. The van der Waals surface area contributed by atoms with E-state index >= 15 is 0 Å². The minimum atomic E-state index is 0.0950.